The number of carbonyl (C=O) groups excluding carboxylic acids is 1. The Kier molecular flexibility index (Phi) is 5.43. The Labute approximate surface area is 190 Å². The number of sulfonamides is 1. The molecule has 8 nitrogen and oxygen atoms in total. The van der Waals surface area contributed by atoms with Gasteiger partial charge < -0.3 is 19.2 Å². The van der Waals surface area contributed by atoms with Crippen molar-refractivity contribution in [1.82, 2.24) is 4.31 Å². The van der Waals surface area contributed by atoms with Gasteiger partial charge in [-0.1, -0.05) is 18.2 Å². The van der Waals surface area contributed by atoms with Gasteiger partial charge in [-0.2, -0.15) is 4.31 Å². The lowest BCUT2D eigenvalue weighted by molar-refractivity contribution is -0.116. The number of nitrogens with one attached hydrogen (secondary N) is 1. The minimum atomic E-state index is -3.90. The number of ether oxygens (including phenoxy) is 2. The Morgan fingerprint density at radius 3 is 2.55 bits per heavy atom. The summed E-state index contributed by atoms with van der Waals surface area (Å²) in [6, 6.07) is 17.4. The van der Waals surface area contributed by atoms with Crippen molar-refractivity contribution < 1.29 is 27.1 Å². The quantitative estimate of drug-likeness (QED) is 0.477. The van der Waals surface area contributed by atoms with Crippen molar-refractivity contribution in [1.29, 1.82) is 0 Å². The normalized spacial score (nSPS) is 13.9. The van der Waals surface area contributed by atoms with Crippen molar-refractivity contribution in [3.8, 4) is 11.5 Å². The van der Waals surface area contributed by atoms with E-state index in [1.165, 1.54) is 19.2 Å². The van der Waals surface area contributed by atoms with Crippen LogP contribution in [0.5, 0.6) is 11.5 Å². The van der Waals surface area contributed by atoms with Gasteiger partial charge in [-0.3, -0.25) is 4.79 Å². The van der Waals surface area contributed by atoms with Gasteiger partial charge >= 0.3 is 0 Å². The number of para-hydroxylation sites is 1. The van der Waals surface area contributed by atoms with Crippen molar-refractivity contribution in [3.05, 3.63) is 60.7 Å². The molecule has 0 unspecified atom stereocenters. The maximum Gasteiger partial charge on any atom is 0.243 e. The van der Waals surface area contributed by atoms with Crippen molar-refractivity contribution in [2.24, 2.45) is 0 Å². The SMILES string of the molecule is CN(CC(=O)Nc1ccc2oc3ccccc3c2c1)S(=O)(=O)c1ccc2c(c1)OCCCO2. The second kappa shape index (κ2) is 8.42. The topological polar surface area (TPSA) is 98.1 Å². The number of furan rings is 1. The number of carbonyl (C=O) groups is 1. The molecule has 33 heavy (non-hydrogen) atoms. The van der Waals surface area contributed by atoms with Crippen molar-refractivity contribution in [3.63, 3.8) is 0 Å². The molecule has 0 saturated heterocycles. The summed E-state index contributed by atoms with van der Waals surface area (Å²) in [5.41, 5.74) is 2.03. The minimum absolute atomic E-state index is 0.0355. The van der Waals surface area contributed by atoms with Gasteiger partial charge in [-0.05, 0) is 36.4 Å². The average Bonchev–Trinajstić information content (AvgIpc) is 3.00. The molecule has 1 aromatic heterocycles. The molecule has 1 N–H and O–H groups in total. The van der Waals surface area contributed by atoms with Gasteiger partial charge in [0.1, 0.15) is 11.2 Å². The van der Waals surface area contributed by atoms with Gasteiger partial charge in [0.15, 0.2) is 11.5 Å². The summed E-state index contributed by atoms with van der Waals surface area (Å²) in [7, 11) is -2.54. The summed E-state index contributed by atoms with van der Waals surface area (Å²) < 4.78 is 44.0. The maximum absolute atomic E-state index is 13.0. The van der Waals surface area contributed by atoms with Crippen LogP contribution in [0.15, 0.2) is 70.0 Å². The molecule has 9 heteroatoms. The first-order valence-electron chi connectivity index (χ1n) is 10.5. The van der Waals surface area contributed by atoms with E-state index in [1.807, 2.05) is 30.3 Å². The van der Waals surface area contributed by atoms with E-state index in [9.17, 15) is 13.2 Å². The molecule has 0 atom stereocenters. The monoisotopic (exact) mass is 466 g/mol. The highest BCUT2D eigenvalue weighted by atomic mass is 32.2. The number of nitrogens with zero attached hydrogens (tertiary/aromatic N) is 1. The maximum atomic E-state index is 13.0. The molecule has 3 aromatic carbocycles. The van der Waals surface area contributed by atoms with E-state index in [4.69, 9.17) is 13.9 Å². The van der Waals surface area contributed by atoms with Crippen molar-refractivity contribution in [2.75, 3.05) is 32.1 Å². The molecule has 0 spiro atoms. The molecular weight excluding hydrogens is 444 g/mol. The van der Waals surface area contributed by atoms with Crippen LogP contribution in [0.2, 0.25) is 0 Å². The number of rotatable bonds is 5. The predicted molar refractivity (Wildman–Crippen MR) is 124 cm³/mol. The Morgan fingerprint density at radius 2 is 1.70 bits per heavy atom. The molecular formula is C24H22N2O6S. The molecule has 170 valence electrons. The van der Waals surface area contributed by atoms with Crippen LogP contribution in [-0.2, 0) is 14.8 Å². The first kappa shape index (κ1) is 21.3. The Bertz CT molecular complexity index is 1460. The Hall–Kier alpha value is -3.56. The lowest BCUT2D eigenvalue weighted by Gasteiger charge is -2.18. The van der Waals surface area contributed by atoms with Gasteiger partial charge in [0.25, 0.3) is 0 Å². The zero-order chi connectivity index (χ0) is 23.0. The molecule has 1 aliphatic rings. The summed E-state index contributed by atoms with van der Waals surface area (Å²) in [5, 5.41) is 4.58. The number of benzene rings is 3. The highest BCUT2D eigenvalue weighted by Crippen LogP contribution is 2.33. The molecule has 4 aromatic rings. The van der Waals surface area contributed by atoms with Crippen LogP contribution in [0.3, 0.4) is 0 Å². The lowest BCUT2D eigenvalue weighted by atomic mass is 10.1. The molecule has 5 rings (SSSR count). The van der Waals surface area contributed by atoms with Gasteiger partial charge in [-0.15, -0.1) is 0 Å². The molecule has 0 saturated carbocycles. The number of hydrogen-bond acceptors (Lipinski definition) is 6. The fourth-order valence-electron chi connectivity index (χ4n) is 3.78. The van der Waals surface area contributed by atoms with E-state index in [2.05, 4.69) is 5.32 Å². The van der Waals surface area contributed by atoms with Crippen LogP contribution in [0.4, 0.5) is 5.69 Å². The number of fused-ring (bicyclic) bond motifs is 4. The predicted octanol–water partition coefficient (Wildman–Crippen LogP) is 4.01. The number of likely N-dealkylation sites (N-methyl/N-ethyl adjacent to an activating group) is 1. The van der Waals surface area contributed by atoms with Crippen LogP contribution in [0.1, 0.15) is 6.42 Å². The Balaban J connectivity index is 1.32. The second-order valence-corrected chi connectivity index (χ2v) is 9.82. The van der Waals surface area contributed by atoms with E-state index < -0.39 is 15.9 Å². The van der Waals surface area contributed by atoms with E-state index in [-0.39, 0.29) is 11.4 Å². The van der Waals surface area contributed by atoms with Gasteiger partial charge in [0.2, 0.25) is 15.9 Å². The molecule has 1 amide bonds. The zero-order valence-electron chi connectivity index (χ0n) is 17.9. The average molecular weight is 467 g/mol. The summed E-state index contributed by atoms with van der Waals surface area (Å²) in [6.07, 6.45) is 0.719. The van der Waals surface area contributed by atoms with E-state index in [0.717, 1.165) is 27.1 Å². The third kappa shape index (κ3) is 4.12. The van der Waals surface area contributed by atoms with Crippen LogP contribution >= 0.6 is 0 Å². The number of anilines is 1. The third-order valence-electron chi connectivity index (χ3n) is 5.45. The smallest absolute Gasteiger partial charge is 0.243 e. The van der Waals surface area contributed by atoms with Crippen LogP contribution in [-0.4, -0.2) is 45.4 Å². The standard InChI is InChI=1S/C24H22N2O6S/c1-26(33(28,29)17-8-10-22-23(14-17)31-12-4-11-30-22)15-24(27)25-16-7-9-21-19(13-16)18-5-2-3-6-20(18)32-21/h2-3,5-10,13-14H,4,11-12,15H2,1H3,(H,25,27). The molecule has 1 aliphatic heterocycles. The first-order valence-corrected chi connectivity index (χ1v) is 11.9. The molecule has 0 radical (unpaired) electrons. The molecule has 0 bridgehead atoms. The van der Waals surface area contributed by atoms with Gasteiger partial charge in [-0.25, -0.2) is 8.42 Å². The molecule has 0 fully saturated rings. The molecule has 2 heterocycles. The third-order valence-corrected chi connectivity index (χ3v) is 7.25. The molecule has 0 aliphatic carbocycles. The van der Waals surface area contributed by atoms with E-state index >= 15 is 0 Å². The summed E-state index contributed by atoms with van der Waals surface area (Å²) in [4.78, 5) is 12.7. The van der Waals surface area contributed by atoms with Gasteiger partial charge in [0, 0.05) is 36.0 Å². The number of amides is 1. The summed E-state index contributed by atoms with van der Waals surface area (Å²) >= 11 is 0. The summed E-state index contributed by atoms with van der Waals surface area (Å²) in [5.74, 6) is 0.434. The highest BCUT2D eigenvalue weighted by Gasteiger charge is 2.25. The largest absolute Gasteiger partial charge is 0.490 e. The lowest BCUT2D eigenvalue weighted by Crippen LogP contribution is -2.35. The van der Waals surface area contributed by atoms with E-state index in [0.29, 0.717) is 36.0 Å². The van der Waals surface area contributed by atoms with Crippen molar-refractivity contribution >= 4 is 43.6 Å². The first-order chi connectivity index (χ1) is 15.9. The van der Waals surface area contributed by atoms with Crippen LogP contribution in [0.25, 0.3) is 21.9 Å². The fourth-order valence-corrected chi connectivity index (χ4v) is 4.92. The van der Waals surface area contributed by atoms with Crippen molar-refractivity contribution in [2.45, 2.75) is 11.3 Å². The van der Waals surface area contributed by atoms with Crippen LogP contribution in [0, 0.1) is 0 Å². The highest BCUT2D eigenvalue weighted by molar-refractivity contribution is 7.89. The van der Waals surface area contributed by atoms with Crippen LogP contribution < -0.4 is 14.8 Å². The minimum Gasteiger partial charge on any atom is -0.490 e. The fraction of sp³-hybridized carbons (Fsp3) is 0.208. The van der Waals surface area contributed by atoms with E-state index in [1.54, 1.807) is 18.2 Å². The number of hydrogen-bond donors (Lipinski definition) is 1. The zero-order valence-corrected chi connectivity index (χ0v) is 18.7. The Morgan fingerprint density at radius 1 is 0.939 bits per heavy atom. The summed E-state index contributed by atoms with van der Waals surface area (Å²) in [6.45, 7) is 0.617. The second-order valence-electron chi connectivity index (χ2n) is 7.78. The van der Waals surface area contributed by atoms with Gasteiger partial charge in [0.05, 0.1) is 24.7 Å².